The minimum atomic E-state index is -0.0511. The summed E-state index contributed by atoms with van der Waals surface area (Å²) in [7, 11) is 0. The number of nitrogens with zero attached hydrogens (tertiary/aromatic N) is 3. The number of morpholine rings is 1. The second-order valence-electron chi connectivity index (χ2n) is 11.1. The zero-order valence-electron chi connectivity index (χ0n) is 19.4. The predicted octanol–water partition coefficient (Wildman–Crippen LogP) is 3.25. The van der Waals surface area contributed by atoms with E-state index in [-0.39, 0.29) is 28.8 Å². The second kappa shape index (κ2) is 7.19. The molecule has 1 aromatic carbocycles. The fourth-order valence-electron chi connectivity index (χ4n) is 7.04. The third kappa shape index (κ3) is 3.00. The first-order valence-corrected chi connectivity index (χ1v) is 12.1. The van der Waals surface area contributed by atoms with Gasteiger partial charge in [-0.2, -0.15) is 5.10 Å². The Labute approximate surface area is 189 Å². The first-order chi connectivity index (χ1) is 15.4. The zero-order chi connectivity index (χ0) is 22.1. The Morgan fingerprint density at radius 3 is 2.81 bits per heavy atom. The molecule has 32 heavy (non-hydrogen) atoms. The first kappa shape index (κ1) is 20.5. The molecule has 172 valence electrons. The van der Waals surface area contributed by atoms with Crippen molar-refractivity contribution >= 4 is 16.8 Å². The molecule has 2 bridgehead atoms. The lowest BCUT2D eigenvalue weighted by molar-refractivity contribution is 0.0262. The second-order valence-corrected chi connectivity index (χ2v) is 11.1. The van der Waals surface area contributed by atoms with Crippen LogP contribution >= 0.6 is 0 Å². The first-order valence-electron chi connectivity index (χ1n) is 12.1. The molecule has 7 nitrogen and oxygen atoms in total. The zero-order valence-corrected chi connectivity index (χ0v) is 19.4. The molecule has 0 radical (unpaired) electrons. The van der Waals surface area contributed by atoms with Crippen LogP contribution in [0.3, 0.4) is 0 Å². The van der Waals surface area contributed by atoms with Crippen LogP contribution in [0.4, 0.5) is 0 Å². The van der Waals surface area contributed by atoms with E-state index in [9.17, 15) is 4.79 Å². The van der Waals surface area contributed by atoms with Crippen LogP contribution in [-0.4, -0.2) is 66.1 Å². The molecule has 3 fully saturated rings. The molecule has 2 aromatic rings. The standard InChI is InChI=1S/C25H34N4O3/c1-24(2)16-7-8-25(3,13-16)23(24)26-22(30)20-18-5-4-6-19-21(18)29(27-20)17(15-32-19)14-28-9-11-31-12-10-28/h4-6,16-17,23H,7-15H2,1-3H3,(H,26,30)/t16?,17-,23?,25+/m1/s1. The summed E-state index contributed by atoms with van der Waals surface area (Å²) in [5, 5.41) is 9.24. The van der Waals surface area contributed by atoms with Crippen LogP contribution in [0.15, 0.2) is 18.2 Å². The average Bonchev–Trinajstić information content (AvgIpc) is 3.42. The van der Waals surface area contributed by atoms with Gasteiger partial charge in [-0.15, -0.1) is 0 Å². The monoisotopic (exact) mass is 438 g/mol. The van der Waals surface area contributed by atoms with Crippen LogP contribution in [0, 0.1) is 16.7 Å². The van der Waals surface area contributed by atoms with Crippen molar-refractivity contribution in [3.63, 3.8) is 0 Å². The highest BCUT2D eigenvalue weighted by Crippen LogP contribution is 2.62. The van der Waals surface area contributed by atoms with Crippen molar-refractivity contribution in [2.45, 2.75) is 52.1 Å². The van der Waals surface area contributed by atoms with Gasteiger partial charge in [0.05, 0.1) is 19.3 Å². The van der Waals surface area contributed by atoms with Crippen LogP contribution in [0.25, 0.3) is 10.9 Å². The van der Waals surface area contributed by atoms with E-state index in [1.54, 1.807) is 0 Å². The van der Waals surface area contributed by atoms with Crippen molar-refractivity contribution in [2.24, 2.45) is 16.7 Å². The summed E-state index contributed by atoms with van der Waals surface area (Å²) < 4.78 is 13.7. The molecule has 2 saturated carbocycles. The van der Waals surface area contributed by atoms with E-state index in [1.807, 2.05) is 22.9 Å². The lowest BCUT2D eigenvalue weighted by Crippen LogP contribution is -2.52. The fourth-order valence-corrected chi connectivity index (χ4v) is 7.04. The van der Waals surface area contributed by atoms with Gasteiger partial charge in [0.15, 0.2) is 5.69 Å². The smallest absolute Gasteiger partial charge is 0.272 e. The van der Waals surface area contributed by atoms with E-state index < -0.39 is 0 Å². The summed E-state index contributed by atoms with van der Waals surface area (Å²) in [6.07, 6.45) is 3.68. The number of aromatic nitrogens is 2. The number of ether oxygens (including phenoxy) is 2. The molecule has 0 spiro atoms. The van der Waals surface area contributed by atoms with E-state index in [0.29, 0.717) is 18.2 Å². The van der Waals surface area contributed by atoms with E-state index in [2.05, 4.69) is 31.0 Å². The summed E-state index contributed by atoms with van der Waals surface area (Å²) in [5.74, 6) is 1.45. The summed E-state index contributed by atoms with van der Waals surface area (Å²) in [6.45, 7) is 11.8. The number of hydrogen-bond acceptors (Lipinski definition) is 5. The van der Waals surface area contributed by atoms with Crippen molar-refractivity contribution < 1.29 is 14.3 Å². The van der Waals surface area contributed by atoms with Gasteiger partial charge < -0.3 is 14.8 Å². The Morgan fingerprint density at radius 2 is 2.06 bits per heavy atom. The lowest BCUT2D eigenvalue weighted by atomic mass is 9.68. The third-order valence-electron chi connectivity index (χ3n) is 8.80. The number of benzene rings is 1. The molecular formula is C25H34N4O3. The summed E-state index contributed by atoms with van der Waals surface area (Å²) >= 11 is 0. The van der Waals surface area contributed by atoms with Crippen molar-refractivity contribution in [2.75, 3.05) is 39.5 Å². The number of fused-ring (bicyclic) bond motifs is 2. The molecule has 2 unspecified atom stereocenters. The van der Waals surface area contributed by atoms with Crippen molar-refractivity contribution in [3.8, 4) is 5.75 Å². The highest BCUT2D eigenvalue weighted by molar-refractivity contribution is 6.06. The van der Waals surface area contributed by atoms with Gasteiger partial charge in [0, 0.05) is 31.1 Å². The van der Waals surface area contributed by atoms with Crippen molar-refractivity contribution in [1.29, 1.82) is 0 Å². The maximum atomic E-state index is 13.6. The fraction of sp³-hybridized carbons (Fsp3) is 0.680. The number of nitrogens with one attached hydrogen (secondary N) is 1. The number of rotatable bonds is 4. The Hall–Kier alpha value is -2.12. The SMILES string of the molecule is CC1(C)C2CC[C@@](C)(C2)C1NC(=O)c1nn2c3c(cccc13)OC[C@H]2CN1CCOCC1. The Bertz CT molecular complexity index is 1050. The summed E-state index contributed by atoms with van der Waals surface area (Å²) in [5.41, 5.74) is 1.77. The number of amides is 1. The predicted molar refractivity (Wildman–Crippen MR) is 122 cm³/mol. The summed E-state index contributed by atoms with van der Waals surface area (Å²) in [4.78, 5) is 16.0. The van der Waals surface area contributed by atoms with Gasteiger partial charge in [-0.05, 0) is 42.1 Å². The molecule has 1 saturated heterocycles. The van der Waals surface area contributed by atoms with Gasteiger partial charge in [-0.1, -0.05) is 32.9 Å². The van der Waals surface area contributed by atoms with Gasteiger partial charge in [-0.25, -0.2) is 0 Å². The topological polar surface area (TPSA) is 68.6 Å². The molecular weight excluding hydrogens is 404 g/mol. The largest absolute Gasteiger partial charge is 0.489 e. The lowest BCUT2D eigenvalue weighted by Gasteiger charge is -2.43. The van der Waals surface area contributed by atoms with E-state index in [1.165, 1.54) is 19.3 Å². The normalized spacial score (nSPS) is 33.4. The molecule has 2 aliphatic carbocycles. The molecule has 1 N–H and O–H groups in total. The Balaban J connectivity index is 1.32. The molecule has 4 aliphatic rings. The molecule has 6 rings (SSSR count). The van der Waals surface area contributed by atoms with Gasteiger partial charge in [-0.3, -0.25) is 14.4 Å². The molecule has 1 aromatic heterocycles. The summed E-state index contributed by atoms with van der Waals surface area (Å²) in [6, 6.07) is 6.21. The Morgan fingerprint density at radius 1 is 1.25 bits per heavy atom. The number of carbonyl (C=O) groups is 1. The number of para-hydroxylation sites is 1. The van der Waals surface area contributed by atoms with Crippen molar-refractivity contribution in [1.82, 2.24) is 20.0 Å². The van der Waals surface area contributed by atoms with E-state index in [4.69, 9.17) is 14.6 Å². The molecule has 4 atom stereocenters. The van der Waals surface area contributed by atoms with Crippen molar-refractivity contribution in [3.05, 3.63) is 23.9 Å². The quantitative estimate of drug-likeness (QED) is 0.794. The minimum Gasteiger partial charge on any atom is -0.489 e. The van der Waals surface area contributed by atoms with Crippen LogP contribution in [0.1, 0.15) is 56.6 Å². The maximum absolute atomic E-state index is 13.6. The average molecular weight is 439 g/mol. The maximum Gasteiger partial charge on any atom is 0.272 e. The van der Waals surface area contributed by atoms with Crippen LogP contribution in [-0.2, 0) is 4.74 Å². The Kier molecular flexibility index (Phi) is 4.60. The van der Waals surface area contributed by atoms with Gasteiger partial charge >= 0.3 is 0 Å². The van der Waals surface area contributed by atoms with Crippen LogP contribution < -0.4 is 10.1 Å². The molecule has 1 amide bonds. The highest BCUT2D eigenvalue weighted by atomic mass is 16.5. The van der Waals surface area contributed by atoms with Gasteiger partial charge in [0.1, 0.15) is 17.9 Å². The van der Waals surface area contributed by atoms with Crippen LogP contribution in [0.2, 0.25) is 0 Å². The van der Waals surface area contributed by atoms with Gasteiger partial charge in [0.2, 0.25) is 0 Å². The van der Waals surface area contributed by atoms with Gasteiger partial charge in [0.25, 0.3) is 5.91 Å². The van der Waals surface area contributed by atoms with Crippen LogP contribution in [0.5, 0.6) is 5.75 Å². The molecule has 7 heteroatoms. The molecule has 2 aliphatic heterocycles. The molecule has 3 heterocycles. The minimum absolute atomic E-state index is 0.0511. The van der Waals surface area contributed by atoms with E-state index >= 15 is 0 Å². The number of hydrogen-bond donors (Lipinski definition) is 1. The highest BCUT2D eigenvalue weighted by Gasteiger charge is 2.59. The number of carbonyl (C=O) groups excluding carboxylic acids is 1. The van der Waals surface area contributed by atoms with E-state index in [0.717, 1.165) is 49.5 Å². The third-order valence-corrected chi connectivity index (χ3v) is 8.80.